The number of aromatic amines is 1. The molecule has 2 N–H and O–H groups in total. The van der Waals surface area contributed by atoms with Gasteiger partial charge in [0.2, 0.25) is 0 Å². The van der Waals surface area contributed by atoms with Crippen molar-refractivity contribution >= 4 is 6.09 Å². The molecule has 1 aromatic heterocycles. The van der Waals surface area contributed by atoms with Gasteiger partial charge in [-0.25, -0.2) is 4.79 Å². The fourth-order valence-electron chi connectivity index (χ4n) is 2.80. The normalized spacial score (nSPS) is 20.2. The van der Waals surface area contributed by atoms with E-state index in [1.165, 1.54) is 0 Å². The lowest BCUT2D eigenvalue weighted by Crippen LogP contribution is -2.42. The fourth-order valence-corrected chi connectivity index (χ4v) is 2.80. The number of ether oxygens (including phenoxy) is 1. The molecule has 6 nitrogen and oxygen atoms in total. The molecule has 0 aromatic carbocycles. The minimum atomic E-state index is -0.436. The van der Waals surface area contributed by atoms with Crippen LogP contribution in [0, 0.1) is 0 Å². The van der Waals surface area contributed by atoms with Crippen LogP contribution in [0.4, 0.5) is 4.79 Å². The van der Waals surface area contributed by atoms with Gasteiger partial charge in [0, 0.05) is 37.1 Å². The van der Waals surface area contributed by atoms with Gasteiger partial charge in [0.25, 0.3) is 0 Å². The van der Waals surface area contributed by atoms with E-state index in [9.17, 15) is 4.79 Å². The molecule has 2 unspecified atom stereocenters. The van der Waals surface area contributed by atoms with Crippen molar-refractivity contribution in [2.45, 2.75) is 71.2 Å². The Balaban J connectivity index is 1.81. The number of amides is 1. The third-order valence-electron chi connectivity index (χ3n) is 3.83. The third kappa shape index (κ3) is 5.02. The predicted molar refractivity (Wildman–Crippen MR) is 85.5 cm³/mol. The number of hydrogen-bond donors (Lipinski definition) is 2. The van der Waals surface area contributed by atoms with E-state index in [2.05, 4.69) is 22.4 Å². The van der Waals surface area contributed by atoms with Crippen LogP contribution in [-0.2, 0) is 11.3 Å². The molecule has 1 fully saturated rings. The summed E-state index contributed by atoms with van der Waals surface area (Å²) in [5.74, 6) is 0. The van der Waals surface area contributed by atoms with Crippen molar-refractivity contribution in [2.75, 3.05) is 6.54 Å². The second-order valence-electron chi connectivity index (χ2n) is 7.07. The van der Waals surface area contributed by atoms with Crippen molar-refractivity contribution in [2.24, 2.45) is 0 Å². The summed E-state index contributed by atoms with van der Waals surface area (Å²) in [4.78, 5) is 14.2. The Morgan fingerprint density at radius 2 is 2.36 bits per heavy atom. The Morgan fingerprint density at radius 3 is 3.00 bits per heavy atom. The van der Waals surface area contributed by atoms with Gasteiger partial charge in [-0.05, 0) is 53.0 Å². The monoisotopic (exact) mass is 308 g/mol. The van der Waals surface area contributed by atoms with Crippen molar-refractivity contribution in [1.29, 1.82) is 0 Å². The van der Waals surface area contributed by atoms with Crippen molar-refractivity contribution in [3.05, 3.63) is 18.0 Å². The topological polar surface area (TPSA) is 70.2 Å². The van der Waals surface area contributed by atoms with Crippen LogP contribution in [0.3, 0.4) is 0 Å². The Labute approximate surface area is 132 Å². The predicted octanol–water partition coefficient (Wildman–Crippen LogP) is 2.68. The van der Waals surface area contributed by atoms with Crippen LogP contribution >= 0.6 is 0 Å². The highest BCUT2D eigenvalue weighted by Gasteiger charge is 2.32. The van der Waals surface area contributed by atoms with Crippen LogP contribution in [-0.4, -0.2) is 45.4 Å². The molecule has 1 aliphatic rings. The molecule has 0 spiro atoms. The van der Waals surface area contributed by atoms with Gasteiger partial charge in [-0.3, -0.25) is 5.10 Å². The maximum Gasteiger partial charge on any atom is 0.410 e. The molecule has 2 heterocycles. The molecule has 22 heavy (non-hydrogen) atoms. The Hall–Kier alpha value is -1.56. The number of nitrogens with zero attached hydrogens (tertiary/aromatic N) is 2. The van der Waals surface area contributed by atoms with Crippen molar-refractivity contribution in [3.8, 4) is 0 Å². The van der Waals surface area contributed by atoms with Gasteiger partial charge in [-0.15, -0.1) is 0 Å². The maximum atomic E-state index is 12.3. The zero-order valence-corrected chi connectivity index (χ0v) is 14.1. The number of nitrogens with one attached hydrogen (secondary N) is 2. The van der Waals surface area contributed by atoms with E-state index in [1.807, 2.05) is 31.7 Å². The molecular formula is C16H28N4O2. The zero-order chi connectivity index (χ0) is 16.2. The van der Waals surface area contributed by atoms with Crippen LogP contribution in [0.5, 0.6) is 0 Å². The van der Waals surface area contributed by atoms with Crippen molar-refractivity contribution in [3.63, 3.8) is 0 Å². The van der Waals surface area contributed by atoms with E-state index >= 15 is 0 Å². The van der Waals surface area contributed by atoms with Gasteiger partial charge in [0.15, 0.2) is 0 Å². The first-order valence-electron chi connectivity index (χ1n) is 8.06. The molecule has 1 saturated heterocycles. The molecule has 2 rings (SSSR count). The average molecular weight is 308 g/mol. The van der Waals surface area contributed by atoms with E-state index in [1.54, 1.807) is 6.20 Å². The highest BCUT2D eigenvalue weighted by atomic mass is 16.6. The maximum absolute atomic E-state index is 12.3. The standard InChI is InChI=1S/C16H28N4O2/c1-12(17-11-13-7-8-18-19-13)10-14-6-5-9-20(14)15(21)22-16(2,3)4/h7-8,12,14,17H,5-6,9-11H2,1-4H3,(H,18,19). The van der Waals surface area contributed by atoms with Gasteiger partial charge in [-0.2, -0.15) is 5.10 Å². The molecule has 0 saturated carbocycles. The van der Waals surface area contributed by atoms with Crippen LogP contribution in [0.25, 0.3) is 0 Å². The molecule has 1 aliphatic heterocycles. The van der Waals surface area contributed by atoms with Gasteiger partial charge >= 0.3 is 6.09 Å². The minimum Gasteiger partial charge on any atom is -0.444 e. The highest BCUT2D eigenvalue weighted by Crippen LogP contribution is 2.24. The minimum absolute atomic E-state index is 0.184. The number of H-pyrrole nitrogens is 1. The van der Waals surface area contributed by atoms with E-state index in [-0.39, 0.29) is 12.1 Å². The smallest absolute Gasteiger partial charge is 0.410 e. The average Bonchev–Trinajstić information content (AvgIpc) is 3.05. The molecule has 0 bridgehead atoms. The summed E-state index contributed by atoms with van der Waals surface area (Å²) in [6.45, 7) is 9.44. The first-order chi connectivity index (χ1) is 10.3. The lowest BCUT2D eigenvalue weighted by Gasteiger charge is -2.30. The van der Waals surface area contributed by atoms with Crippen LogP contribution in [0.15, 0.2) is 12.3 Å². The van der Waals surface area contributed by atoms with Gasteiger partial charge < -0.3 is 15.0 Å². The molecule has 1 amide bonds. The fraction of sp³-hybridized carbons (Fsp3) is 0.750. The summed E-state index contributed by atoms with van der Waals surface area (Å²) in [5.41, 5.74) is 0.636. The molecular weight excluding hydrogens is 280 g/mol. The SMILES string of the molecule is CC(CC1CCCN1C(=O)OC(C)(C)C)NCc1ccn[nH]1. The zero-order valence-electron chi connectivity index (χ0n) is 14.1. The lowest BCUT2D eigenvalue weighted by atomic mass is 10.1. The second kappa shape index (κ2) is 7.13. The van der Waals surface area contributed by atoms with E-state index in [0.717, 1.165) is 38.0 Å². The number of carbonyl (C=O) groups is 1. The Bertz CT molecular complexity index is 467. The van der Waals surface area contributed by atoms with Gasteiger partial charge in [-0.1, -0.05) is 0 Å². The van der Waals surface area contributed by atoms with Crippen LogP contribution in [0.2, 0.25) is 0 Å². The molecule has 6 heteroatoms. The summed E-state index contributed by atoms with van der Waals surface area (Å²) in [6.07, 6.45) is 4.61. The Morgan fingerprint density at radius 1 is 1.59 bits per heavy atom. The van der Waals surface area contributed by atoms with E-state index < -0.39 is 5.60 Å². The number of carbonyl (C=O) groups excluding carboxylic acids is 1. The van der Waals surface area contributed by atoms with Crippen molar-refractivity contribution < 1.29 is 9.53 Å². The first kappa shape index (κ1) is 16.8. The van der Waals surface area contributed by atoms with Crippen molar-refractivity contribution in [1.82, 2.24) is 20.4 Å². The molecule has 124 valence electrons. The lowest BCUT2D eigenvalue weighted by molar-refractivity contribution is 0.0214. The van der Waals surface area contributed by atoms with Gasteiger partial charge in [0.05, 0.1) is 0 Å². The third-order valence-corrected chi connectivity index (χ3v) is 3.83. The molecule has 0 radical (unpaired) electrons. The summed E-state index contributed by atoms with van der Waals surface area (Å²) in [7, 11) is 0. The molecule has 2 atom stereocenters. The van der Waals surface area contributed by atoms with Gasteiger partial charge in [0.1, 0.15) is 5.60 Å². The number of hydrogen-bond acceptors (Lipinski definition) is 4. The van der Waals surface area contributed by atoms with Crippen LogP contribution in [0.1, 0.15) is 52.7 Å². The van der Waals surface area contributed by atoms with E-state index in [4.69, 9.17) is 4.74 Å². The quantitative estimate of drug-likeness (QED) is 0.877. The first-order valence-corrected chi connectivity index (χ1v) is 8.06. The number of likely N-dealkylation sites (tertiary alicyclic amines) is 1. The second-order valence-corrected chi connectivity index (χ2v) is 7.07. The number of rotatable bonds is 5. The number of aromatic nitrogens is 2. The highest BCUT2D eigenvalue weighted by molar-refractivity contribution is 5.68. The summed E-state index contributed by atoms with van der Waals surface area (Å²) in [5, 5.41) is 10.3. The summed E-state index contributed by atoms with van der Waals surface area (Å²) < 4.78 is 5.51. The largest absolute Gasteiger partial charge is 0.444 e. The molecule has 1 aromatic rings. The Kier molecular flexibility index (Phi) is 5.45. The summed E-state index contributed by atoms with van der Waals surface area (Å²) in [6, 6.07) is 2.55. The van der Waals surface area contributed by atoms with E-state index in [0.29, 0.717) is 6.04 Å². The molecule has 0 aliphatic carbocycles. The van der Waals surface area contributed by atoms with Crippen LogP contribution < -0.4 is 5.32 Å². The summed E-state index contributed by atoms with van der Waals surface area (Å²) >= 11 is 0.